The van der Waals surface area contributed by atoms with Crippen molar-refractivity contribution < 1.29 is 17.9 Å². The van der Waals surface area contributed by atoms with Crippen molar-refractivity contribution in [2.75, 3.05) is 39.3 Å². The Labute approximate surface area is 180 Å². The second-order valence-corrected chi connectivity index (χ2v) is 10.1. The van der Waals surface area contributed by atoms with Gasteiger partial charge in [-0.05, 0) is 56.9 Å². The molecule has 166 valence electrons. The first kappa shape index (κ1) is 22.9. The summed E-state index contributed by atoms with van der Waals surface area (Å²) in [5.74, 6) is 0.556. The molecule has 1 aromatic rings. The topological polar surface area (TPSA) is 79.0 Å². The molecule has 3 rings (SSSR count). The zero-order chi connectivity index (χ0) is 21.7. The quantitative estimate of drug-likeness (QED) is 0.664. The molecule has 8 heteroatoms. The molecule has 2 fully saturated rings. The number of hydrogen-bond acceptors (Lipinski definition) is 5. The molecule has 1 N–H and O–H groups in total. The van der Waals surface area contributed by atoms with Crippen LogP contribution in [0.4, 0.5) is 0 Å². The van der Waals surface area contributed by atoms with Gasteiger partial charge in [0.15, 0.2) is 0 Å². The highest BCUT2D eigenvalue weighted by Gasteiger charge is 2.28. The van der Waals surface area contributed by atoms with E-state index in [1.807, 2.05) is 4.90 Å². The molecular formula is C22H33N3O4S. The average molecular weight is 436 g/mol. The second-order valence-electron chi connectivity index (χ2n) is 8.38. The Morgan fingerprint density at radius 1 is 1.17 bits per heavy atom. The number of rotatable bonds is 7. The van der Waals surface area contributed by atoms with Crippen LogP contribution in [0.5, 0.6) is 0 Å². The number of benzene rings is 1. The van der Waals surface area contributed by atoms with Gasteiger partial charge in [-0.15, -0.1) is 6.58 Å². The van der Waals surface area contributed by atoms with Crippen LogP contribution < -0.4 is 4.72 Å². The van der Waals surface area contributed by atoms with Gasteiger partial charge >= 0.3 is 0 Å². The van der Waals surface area contributed by atoms with E-state index in [0.717, 1.165) is 45.6 Å². The highest BCUT2D eigenvalue weighted by molar-refractivity contribution is 7.89. The summed E-state index contributed by atoms with van der Waals surface area (Å²) < 4.78 is 32.5. The van der Waals surface area contributed by atoms with Crippen molar-refractivity contribution in [3.63, 3.8) is 0 Å². The largest absolute Gasteiger partial charge is 0.373 e. The molecule has 0 radical (unpaired) electrons. The predicted octanol–water partition coefficient (Wildman–Crippen LogP) is 2.11. The molecule has 30 heavy (non-hydrogen) atoms. The number of nitrogens with zero attached hydrogens (tertiary/aromatic N) is 2. The number of amides is 1. The monoisotopic (exact) mass is 435 g/mol. The van der Waals surface area contributed by atoms with Crippen LogP contribution in [0.25, 0.3) is 0 Å². The Kier molecular flexibility index (Phi) is 7.68. The van der Waals surface area contributed by atoms with Crippen LogP contribution >= 0.6 is 0 Å². The summed E-state index contributed by atoms with van der Waals surface area (Å²) in [4.78, 5) is 17.3. The van der Waals surface area contributed by atoms with Crippen LogP contribution in [-0.4, -0.2) is 75.6 Å². The Bertz CT molecular complexity index is 822. The number of likely N-dealkylation sites (tertiary alicyclic amines) is 1. The third-order valence-electron chi connectivity index (χ3n) is 5.74. The van der Waals surface area contributed by atoms with Gasteiger partial charge in [-0.1, -0.05) is 6.08 Å². The fraction of sp³-hybridized carbons (Fsp3) is 0.591. The van der Waals surface area contributed by atoms with Gasteiger partial charge in [0, 0.05) is 44.8 Å². The van der Waals surface area contributed by atoms with Crippen molar-refractivity contribution in [3.05, 3.63) is 42.5 Å². The summed E-state index contributed by atoms with van der Waals surface area (Å²) in [6.45, 7) is 12.4. The van der Waals surface area contributed by atoms with E-state index in [-0.39, 0.29) is 29.6 Å². The summed E-state index contributed by atoms with van der Waals surface area (Å²) >= 11 is 0. The lowest BCUT2D eigenvalue weighted by atomic mass is 9.95. The molecule has 2 aliphatic rings. The molecule has 2 unspecified atom stereocenters. The molecule has 0 aliphatic carbocycles. The smallest absolute Gasteiger partial charge is 0.253 e. The normalized spacial score (nSPS) is 24.0. The van der Waals surface area contributed by atoms with Gasteiger partial charge in [0.2, 0.25) is 10.0 Å². The number of morpholine rings is 1. The van der Waals surface area contributed by atoms with Crippen LogP contribution in [0.15, 0.2) is 41.8 Å². The van der Waals surface area contributed by atoms with Gasteiger partial charge < -0.3 is 9.64 Å². The zero-order valence-electron chi connectivity index (χ0n) is 17.9. The Morgan fingerprint density at radius 3 is 2.33 bits per heavy atom. The first-order valence-electron chi connectivity index (χ1n) is 10.7. The highest BCUT2D eigenvalue weighted by Crippen LogP contribution is 2.22. The van der Waals surface area contributed by atoms with E-state index in [4.69, 9.17) is 4.74 Å². The highest BCUT2D eigenvalue weighted by atomic mass is 32.2. The predicted molar refractivity (Wildman–Crippen MR) is 117 cm³/mol. The molecule has 0 aromatic heterocycles. The van der Waals surface area contributed by atoms with Crippen molar-refractivity contribution in [3.8, 4) is 0 Å². The summed E-state index contributed by atoms with van der Waals surface area (Å²) in [6, 6.07) is 6.14. The molecule has 0 spiro atoms. The second kappa shape index (κ2) is 10.0. The fourth-order valence-electron chi connectivity index (χ4n) is 4.33. The van der Waals surface area contributed by atoms with E-state index in [1.54, 1.807) is 12.1 Å². The first-order chi connectivity index (χ1) is 14.3. The van der Waals surface area contributed by atoms with Crippen LogP contribution in [0.2, 0.25) is 0 Å². The molecule has 2 heterocycles. The van der Waals surface area contributed by atoms with Crippen molar-refractivity contribution in [2.45, 2.75) is 43.8 Å². The lowest BCUT2D eigenvalue weighted by Gasteiger charge is -2.39. The zero-order valence-corrected chi connectivity index (χ0v) is 18.7. The SMILES string of the molecule is C=CCNS(=O)(=O)c1ccc(C(=O)N2CCC(CN3CC(C)OC(C)C3)CC2)cc1. The molecule has 1 aromatic carbocycles. The van der Waals surface area contributed by atoms with Gasteiger partial charge in [0.05, 0.1) is 17.1 Å². The lowest BCUT2D eigenvalue weighted by molar-refractivity contribution is -0.0728. The van der Waals surface area contributed by atoms with Gasteiger partial charge in [-0.2, -0.15) is 0 Å². The molecule has 2 atom stereocenters. The molecule has 1 amide bonds. The third-order valence-corrected chi connectivity index (χ3v) is 7.18. The van der Waals surface area contributed by atoms with Gasteiger partial charge in [-0.25, -0.2) is 13.1 Å². The van der Waals surface area contributed by atoms with Crippen molar-refractivity contribution in [2.24, 2.45) is 5.92 Å². The molecule has 0 saturated carbocycles. The van der Waals surface area contributed by atoms with Crippen molar-refractivity contribution in [1.29, 1.82) is 0 Å². The van der Waals surface area contributed by atoms with E-state index < -0.39 is 10.0 Å². The van der Waals surface area contributed by atoms with Crippen LogP contribution in [0, 0.1) is 5.92 Å². The summed E-state index contributed by atoms with van der Waals surface area (Å²) in [6.07, 6.45) is 4.01. The lowest BCUT2D eigenvalue weighted by Crippen LogP contribution is -2.48. The minimum Gasteiger partial charge on any atom is -0.373 e. The van der Waals surface area contributed by atoms with Crippen LogP contribution in [0.1, 0.15) is 37.0 Å². The summed E-state index contributed by atoms with van der Waals surface area (Å²) in [5.41, 5.74) is 0.520. The van der Waals surface area contributed by atoms with Crippen molar-refractivity contribution in [1.82, 2.24) is 14.5 Å². The maximum absolute atomic E-state index is 12.8. The number of sulfonamides is 1. The Balaban J connectivity index is 1.52. The maximum Gasteiger partial charge on any atom is 0.253 e. The van der Waals surface area contributed by atoms with E-state index in [2.05, 4.69) is 30.0 Å². The number of piperidine rings is 1. The minimum absolute atomic E-state index is 0.0370. The van der Waals surface area contributed by atoms with E-state index >= 15 is 0 Å². The molecule has 7 nitrogen and oxygen atoms in total. The van der Waals surface area contributed by atoms with E-state index in [9.17, 15) is 13.2 Å². The number of ether oxygens (including phenoxy) is 1. The number of hydrogen-bond donors (Lipinski definition) is 1. The van der Waals surface area contributed by atoms with Gasteiger partial charge in [0.1, 0.15) is 0 Å². The number of carbonyl (C=O) groups is 1. The average Bonchev–Trinajstić information content (AvgIpc) is 2.72. The first-order valence-corrected chi connectivity index (χ1v) is 12.1. The van der Waals surface area contributed by atoms with Crippen molar-refractivity contribution >= 4 is 15.9 Å². The minimum atomic E-state index is -3.58. The summed E-state index contributed by atoms with van der Waals surface area (Å²) in [7, 11) is -3.58. The number of carbonyl (C=O) groups excluding carboxylic acids is 1. The third kappa shape index (κ3) is 5.91. The standard InChI is InChI=1S/C22H33N3O4S/c1-4-11-23-30(27,28)21-7-5-20(6-8-21)22(26)25-12-9-19(10-13-25)16-24-14-17(2)29-18(3)15-24/h4-8,17-19,23H,1,9-16H2,2-3H3. The number of nitrogens with one attached hydrogen (secondary N) is 1. The molecule has 2 saturated heterocycles. The molecule has 2 aliphatic heterocycles. The maximum atomic E-state index is 12.8. The van der Waals surface area contributed by atoms with Crippen LogP contribution in [0.3, 0.4) is 0 Å². The summed E-state index contributed by atoms with van der Waals surface area (Å²) in [5, 5.41) is 0. The van der Waals surface area contributed by atoms with Gasteiger partial charge in [-0.3, -0.25) is 9.69 Å². The Hall–Kier alpha value is -1.74. The van der Waals surface area contributed by atoms with E-state index in [1.165, 1.54) is 18.2 Å². The van der Waals surface area contributed by atoms with Gasteiger partial charge in [0.25, 0.3) is 5.91 Å². The fourth-order valence-corrected chi connectivity index (χ4v) is 5.33. The molecular weight excluding hydrogens is 402 g/mol. The van der Waals surface area contributed by atoms with Crippen LogP contribution in [-0.2, 0) is 14.8 Å². The molecule has 0 bridgehead atoms. The Morgan fingerprint density at radius 2 is 1.77 bits per heavy atom. The van der Waals surface area contributed by atoms with E-state index in [0.29, 0.717) is 11.5 Å².